The van der Waals surface area contributed by atoms with Gasteiger partial charge in [0.1, 0.15) is 0 Å². The fourth-order valence-corrected chi connectivity index (χ4v) is 1.67. The van der Waals surface area contributed by atoms with E-state index in [1.807, 2.05) is 37.1 Å². The number of rotatable bonds is 4. The lowest BCUT2D eigenvalue weighted by atomic mass is 10.1. The van der Waals surface area contributed by atoms with Crippen LogP contribution in [0.4, 0.5) is 0 Å². The Morgan fingerprint density at radius 2 is 2.25 bits per heavy atom. The van der Waals surface area contributed by atoms with Gasteiger partial charge in [0.25, 0.3) is 0 Å². The van der Waals surface area contributed by atoms with Crippen molar-refractivity contribution in [1.29, 1.82) is 0 Å². The Balaban J connectivity index is 2.12. The molecule has 2 heterocycles. The number of aryl methyl sites for hydroxylation is 1. The fourth-order valence-electron chi connectivity index (χ4n) is 1.67. The largest absolute Gasteiger partial charge is 0.313 e. The highest BCUT2D eigenvalue weighted by Gasteiger charge is 2.11. The molecule has 0 aliphatic heterocycles. The standard InChI is InChI=1S/C11H15N5/c1-12-11(9-3-5-13-14-8-9)7-10-4-6-16(2)15-10/h3-6,8,11-12H,7H2,1-2H3. The van der Waals surface area contributed by atoms with Crippen molar-refractivity contribution in [2.24, 2.45) is 7.05 Å². The third-order valence-electron chi connectivity index (χ3n) is 2.54. The molecule has 84 valence electrons. The molecule has 5 nitrogen and oxygen atoms in total. The molecule has 0 saturated heterocycles. The number of nitrogens with one attached hydrogen (secondary N) is 1. The predicted octanol–water partition coefficient (Wildman–Crippen LogP) is 0.713. The van der Waals surface area contributed by atoms with E-state index in [1.165, 1.54) is 0 Å². The summed E-state index contributed by atoms with van der Waals surface area (Å²) in [5.41, 5.74) is 2.20. The van der Waals surface area contributed by atoms with E-state index in [0.29, 0.717) is 0 Å². The van der Waals surface area contributed by atoms with Crippen molar-refractivity contribution in [2.45, 2.75) is 12.5 Å². The lowest BCUT2D eigenvalue weighted by Crippen LogP contribution is -2.19. The zero-order valence-corrected chi connectivity index (χ0v) is 9.46. The maximum absolute atomic E-state index is 4.36. The molecule has 1 atom stereocenters. The SMILES string of the molecule is CNC(Cc1ccn(C)n1)c1ccnnc1. The minimum Gasteiger partial charge on any atom is -0.313 e. The number of aromatic nitrogens is 4. The first-order valence-corrected chi connectivity index (χ1v) is 5.22. The summed E-state index contributed by atoms with van der Waals surface area (Å²) in [5, 5.41) is 15.3. The zero-order valence-electron chi connectivity index (χ0n) is 9.46. The van der Waals surface area contributed by atoms with Gasteiger partial charge in [0.05, 0.1) is 11.9 Å². The topological polar surface area (TPSA) is 55.6 Å². The van der Waals surface area contributed by atoms with Crippen LogP contribution in [0.2, 0.25) is 0 Å². The van der Waals surface area contributed by atoms with Crippen LogP contribution in [0.1, 0.15) is 17.3 Å². The van der Waals surface area contributed by atoms with Crippen LogP contribution in [0, 0.1) is 0 Å². The third kappa shape index (κ3) is 2.43. The van der Waals surface area contributed by atoms with Gasteiger partial charge in [-0.25, -0.2) is 0 Å². The van der Waals surface area contributed by atoms with Crippen LogP contribution in [-0.2, 0) is 13.5 Å². The van der Waals surface area contributed by atoms with Gasteiger partial charge in [-0.1, -0.05) is 0 Å². The molecule has 0 aliphatic carbocycles. The number of hydrogen-bond donors (Lipinski definition) is 1. The van der Waals surface area contributed by atoms with Crippen molar-refractivity contribution in [1.82, 2.24) is 25.3 Å². The summed E-state index contributed by atoms with van der Waals surface area (Å²) in [7, 11) is 3.86. The predicted molar refractivity (Wildman–Crippen MR) is 60.7 cm³/mol. The van der Waals surface area contributed by atoms with Crippen LogP contribution in [0.5, 0.6) is 0 Å². The van der Waals surface area contributed by atoms with Crippen LogP contribution in [0.25, 0.3) is 0 Å². The van der Waals surface area contributed by atoms with E-state index < -0.39 is 0 Å². The molecule has 5 heteroatoms. The van der Waals surface area contributed by atoms with E-state index >= 15 is 0 Å². The van der Waals surface area contributed by atoms with E-state index in [2.05, 4.69) is 20.6 Å². The fraction of sp³-hybridized carbons (Fsp3) is 0.364. The quantitative estimate of drug-likeness (QED) is 0.819. The van der Waals surface area contributed by atoms with Gasteiger partial charge < -0.3 is 5.32 Å². The molecule has 0 saturated carbocycles. The van der Waals surface area contributed by atoms with Gasteiger partial charge in [-0.05, 0) is 24.7 Å². The van der Waals surface area contributed by atoms with Crippen LogP contribution in [0.3, 0.4) is 0 Å². The molecule has 0 aliphatic rings. The van der Waals surface area contributed by atoms with E-state index in [0.717, 1.165) is 17.7 Å². The molecule has 1 N–H and O–H groups in total. The molecule has 0 fully saturated rings. The minimum absolute atomic E-state index is 0.227. The molecule has 16 heavy (non-hydrogen) atoms. The minimum atomic E-state index is 0.227. The zero-order chi connectivity index (χ0) is 11.4. The highest BCUT2D eigenvalue weighted by atomic mass is 15.2. The van der Waals surface area contributed by atoms with E-state index in [-0.39, 0.29) is 6.04 Å². The van der Waals surface area contributed by atoms with Crippen LogP contribution in [0.15, 0.2) is 30.7 Å². The average molecular weight is 217 g/mol. The summed E-state index contributed by atoms with van der Waals surface area (Å²) >= 11 is 0. The van der Waals surface area contributed by atoms with E-state index in [4.69, 9.17) is 0 Å². The normalized spacial score (nSPS) is 12.6. The van der Waals surface area contributed by atoms with Gasteiger partial charge in [-0.2, -0.15) is 15.3 Å². The summed E-state index contributed by atoms with van der Waals surface area (Å²) in [5.74, 6) is 0. The maximum Gasteiger partial charge on any atom is 0.0643 e. The molecule has 0 radical (unpaired) electrons. The molecule has 0 spiro atoms. The Hall–Kier alpha value is -1.75. The molecule has 2 rings (SSSR count). The average Bonchev–Trinajstić information content (AvgIpc) is 2.73. The van der Waals surface area contributed by atoms with Gasteiger partial charge in [0.15, 0.2) is 0 Å². The summed E-state index contributed by atoms with van der Waals surface area (Å²) in [6.07, 6.45) is 6.29. The van der Waals surface area contributed by atoms with Crippen molar-refractivity contribution >= 4 is 0 Å². The Labute approximate surface area is 94.5 Å². The van der Waals surface area contributed by atoms with Crippen LogP contribution in [-0.4, -0.2) is 27.0 Å². The smallest absolute Gasteiger partial charge is 0.0643 e. The van der Waals surface area contributed by atoms with Crippen LogP contribution >= 0.6 is 0 Å². The highest BCUT2D eigenvalue weighted by molar-refractivity contribution is 5.15. The first-order chi connectivity index (χ1) is 7.79. The third-order valence-corrected chi connectivity index (χ3v) is 2.54. The molecular weight excluding hydrogens is 202 g/mol. The Kier molecular flexibility index (Phi) is 3.26. The van der Waals surface area contributed by atoms with Crippen molar-refractivity contribution in [3.63, 3.8) is 0 Å². The van der Waals surface area contributed by atoms with Gasteiger partial charge in [-0.15, -0.1) is 0 Å². The molecule has 1 unspecified atom stereocenters. The highest BCUT2D eigenvalue weighted by Crippen LogP contribution is 2.15. The number of hydrogen-bond acceptors (Lipinski definition) is 4. The monoisotopic (exact) mass is 217 g/mol. The van der Waals surface area contributed by atoms with Crippen molar-refractivity contribution in [3.05, 3.63) is 42.0 Å². The molecule has 0 aromatic carbocycles. The molecular formula is C11H15N5. The molecule has 2 aromatic rings. The Bertz CT molecular complexity index is 437. The lowest BCUT2D eigenvalue weighted by Gasteiger charge is -2.14. The first kappa shape index (κ1) is 10.8. The molecule has 2 aromatic heterocycles. The van der Waals surface area contributed by atoms with Crippen molar-refractivity contribution < 1.29 is 0 Å². The summed E-state index contributed by atoms with van der Waals surface area (Å²) in [6.45, 7) is 0. The second-order valence-corrected chi connectivity index (χ2v) is 3.70. The second-order valence-electron chi connectivity index (χ2n) is 3.70. The molecule has 0 bridgehead atoms. The lowest BCUT2D eigenvalue weighted by molar-refractivity contribution is 0.573. The van der Waals surface area contributed by atoms with E-state index in [9.17, 15) is 0 Å². The van der Waals surface area contributed by atoms with E-state index in [1.54, 1.807) is 12.4 Å². The second kappa shape index (κ2) is 4.85. The van der Waals surface area contributed by atoms with Gasteiger partial charge in [-0.3, -0.25) is 4.68 Å². The number of likely N-dealkylation sites (N-methyl/N-ethyl adjacent to an activating group) is 1. The van der Waals surface area contributed by atoms with Crippen LogP contribution < -0.4 is 5.32 Å². The summed E-state index contributed by atoms with van der Waals surface area (Å²) < 4.78 is 1.81. The first-order valence-electron chi connectivity index (χ1n) is 5.22. The van der Waals surface area contributed by atoms with Crippen molar-refractivity contribution in [2.75, 3.05) is 7.05 Å². The maximum atomic E-state index is 4.36. The van der Waals surface area contributed by atoms with Gasteiger partial charge in [0.2, 0.25) is 0 Å². The summed E-state index contributed by atoms with van der Waals surface area (Å²) in [6, 6.07) is 4.22. The van der Waals surface area contributed by atoms with Gasteiger partial charge >= 0.3 is 0 Å². The number of nitrogens with zero attached hydrogens (tertiary/aromatic N) is 4. The Morgan fingerprint density at radius 1 is 1.38 bits per heavy atom. The summed E-state index contributed by atoms with van der Waals surface area (Å²) in [4.78, 5) is 0. The molecule has 0 amide bonds. The Morgan fingerprint density at radius 3 is 2.81 bits per heavy atom. The van der Waals surface area contributed by atoms with Crippen molar-refractivity contribution in [3.8, 4) is 0 Å². The van der Waals surface area contributed by atoms with Gasteiger partial charge in [0, 0.05) is 31.9 Å².